The van der Waals surface area contributed by atoms with E-state index in [2.05, 4.69) is 30.6 Å². The van der Waals surface area contributed by atoms with Crippen molar-refractivity contribution in [3.63, 3.8) is 0 Å². The van der Waals surface area contributed by atoms with Gasteiger partial charge in [0.25, 0.3) is 0 Å². The summed E-state index contributed by atoms with van der Waals surface area (Å²) in [5.41, 5.74) is 1.01. The van der Waals surface area contributed by atoms with Gasteiger partial charge in [0.1, 0.15) is 5.25 Å². The summed E-state index contributed by atoms with van der Waals surface area (Å²) in [5.74, 6) is 1.10. The van der Waals surface area contributed by atoms with E-state index < -0.39 is 0 Å². The van der Waals surface area contributed by atoms with Crippen LogP contribution in [0.15, 0.2) is 11.4 Å². The fraction of sp³-hybridized carbons (Fsp3) is 0.667. The van der Waals surface area contributed by atoms with Gasteiger partial charge in [0.2, 0.25) is 5.91 Å². The zero-order valence-electron chi connectivity index (χ0n) is 12.1. The van der Waals surface area contributed by atoms with Crippen LogP contribution in [0.5, 0.6) is 0 Å². The molecule has 112 valence electrons. The Bertz CT molecular complexity index is 446. The monoisotopic (exact) mass is 313 g/mol. The molecule has 0 bridgehead atoms. The van der Waals surface area contributed by atoms with Crippen LogP contribution in [0.4, 0.5) is 0 Å². The molecule has 1 unspecified atom stereocenters. The Hall–Kier alpha value is -0.520. The molecule has 0 aromatic carbocycles. The number of hydrogen-bond donors (Lipinski definition) is 2. The number of aliphatic hydroxyl groups is 1. The first-order chi connectivity index (χ1) is 9.65. The molecule has 0 saturated carbocycles. The van der Waals surface area contributed by atoms with Crippen LogP contribution in [0.2, 0.25) is 0 Å². The highest BCUT2D eigenvalue weighted by molar-refractivity contribution is 8.00. The maximum absolute atomic E-state index is 12.4. The van der Waals surface area contributed by atoms with Crippen LogP contribution in [0.25, 0.3) is 0 Å². The lowest BCUT2D eigenvalue weighted by Crippen LogP contribution is -2.41. The van der Waals surface area contributed by atoms with Crippen molar-refractivity contribution in [3.8, 4) is 0 Å². The third-order valence-corrected chi connectivity index (χ3v) is 6.62. The van der Waals surface area contributed by atoms with Crippen LogP contribution in [0, 0.1) is 5.41 Å². The Morgan fingerprint density at radius 2 is 2.25 bits per heavy atom. The molecular weight excluding hydrogens is 290 g/mol. The minimum Gasteiger partial charge on any atom is -0.396 e. The summed E-state index contributed by atoms with van der Waals surface area (Å²) < 4.78 is 0. The lowest BCUT2D eigenvalue weighted by molar-refractivity contribution is -0.121. The fourth-order valence-electron chi connectivity index (χ4n) is 2.51. The molecule has 5 heteroatoms. The van der Waals surface area contributed by atoms with Crippen molar-refractivity contribution in [3.05, 3.63) is 21.9 Å². The van der Waals surface area contributed by atoms with Gasteiger partial charge in [0.15, 0.2) is 0 Å². The summed E-state index contributed by atoms with van der Waals surface area (Å²) >= 11 is 3.47. The summed E-state index contributed by atoms with van der Waals surface area (Å²) in [7, 11) is 0. The average Bonchev–Trinajstić information content (AvgIpc) is 2.97. The Morgan fingerprint density at radius 1 is 1.50 bits per heavy atom. The number of carbonyl (C=O) groups excluding carboxylic acids is 1. The predicted octanol–water partition coefficient (Wildman–Crippen LogP) is 2.99. The molecule has 2 heterocycles. The van der Waals surface area contributed by atoms with Gasteiger partial charge in [0, 0.05) is 16.8 Å². The van der Waals surface area contributed by atoms with E-state index in [9.17, 15) is 9.90 Å². The van der Waals surface area contributed by atoms with Crippen molar-refractivity contribution < 1.29 is 9.90 Å². The minimum absolute atomic E-state index is 0.0740. The van der Waals surface area contributed by atoms with Crippen molar-refractivity contribution >= 4 is 29.0 Å². The third-order valence-electron chi connectivity index (χ3n) is 4.39. The largest absolute Gasteiger partial charge is 0.396 e. The number of amides is 1. The summed E-state index contributed by atoms with van der Waals surface area (Å²) in [6, 6.07) is 2.08. The number of carbonyl (C=O) groups is 1. The molecule has 1 aliphatic rings. The Balaban J connectivity index is 2.00. The van der Waals surface area contributed by atoms with Gasteiger partial charge in [-0.25, -0.2) is 0 Å². The molecular formula is C15H23NO2S2. The molecule has 1 amide bonds. The van der Waals surface area contributed by atoms with Crippen LogP contribution >= 0.6 is 23.1 Å². The van der Waals surface area contributed by atoms with E-state index in [1.54, 1.807) is 23.1 Å². The highest BCUT2D eigenvalue weighted by atomic mass is 32.2. The van der Waals surface area contributed by atoms with Gasteiger partial charge >= 0.3 is 0 Å². The number of fused-ring (bicyclic) bond motifs is 1. The third kappa shape index (κ3) is 3.21. The first-order valence-corrected chi connectivity index (χ1v) is 9.15. The maximum atomic E-state index is 12.4. The number of aryl methyl sites for hydroxylation is 1. The first kappa shape index (κ1) is 15.9. The SMILES string of the molecule is CCC(CC)(CO)CNC(=O)C1SCCc2sccc21. The Kier molecular flexibility index (Phi) is 5.52. The molecule has 0 spiro atoms. The van der Waals surface area contributed by atoms with Crippen molar-refractivity contribution in [2.45, 2.75) is 38.4 Å². The van der Waals surface area contributed by atoms with Crippen LogP contribution in [-0.4, -0.2) is 29.9 Å². The number of rotatable bonds is 6. The number of thioether (sulfide) groups is 1. The van der Waals surface area contributed by atoms with Crippen LogP contribution in [0.3, 0.4) is 0 Å². The Morgan fingerprint density at radius 3 is 2.90 bits per heavy atom. The van der Waals surface area contributed by atoms with E-state index in [4.69, 9.17) is 0 Å². The molecule has 1 aliphatic heterocycles. The van der Waals surface area contributed by atoms with E-state index in [1.807, 2.05) is 0 Å². The second-order valence-corrected chi connectivity index (χ2v) is 7.60. The normalized spacial score (nSPS) is 18.6. The molecule has 1 aromatic heterocycles. The molecule has 0 aliphatic carbocycles. The van der Waals surface area contributed by atoms with Crippen LogP contribution < -0.4 is 5.32 Å². The summed E-state index contributed by atoms with van der Waals surface area (Å²) in [4.78, 5) is 13.8. The predicted molar refractivity (Wildman–Crippen MR) is 86.3 cm³/mol. The van der Waals surface area contributed by atoms with E-state index in [0.29, 0.717) is 6.54 Å². The van der Waals surface area contributed by atoms with E-state index in [1.165, 1.54) is 10.4 Å². The number of hydrogen-bond acceptors (Lipinski definition) is 4. The first-order valence-electron chi connectivity index (χ1n) is 7.22. The molecule has 3 nitrogen and oxygen atoms in total. The van der Waals surface area contributed by atoms with Crippen LogP contribution in [-0.2, 0) is 11.2 Å². The molecule has 0 fully saturated rings. The summed E-state index contributed by atoms with van der Waals surface area (Å²) in [6.45, 7) is 4.82. The van der Waals surface area contributed by atoms with Gasteiger partial charge in [-0.05, 0) is 42.0 Å². The molecule has 2 rings (SSSR count). The maximum Gasteiger partial charge on any atom is 0.237 e. The molecule has 0 radical (unpaired) electrons. The van der Waals surface area contributed by atoms with E-state index >= 15 is 0 Å². The molecule has 0 saturated heterocycles. The van der Waals surface area contributed by atoms with Crippen molar-refractivity contribution in [1.82, 2.24) is 5.32 Å². The lowest BCUT2D eigenvalue weighted by Gasteiger charge is -2.31. The second kappa shape index (κ2) is 6.96. The smallest absolute Gasteiger partial charge is 0.237 e. The number of nitrogens with one attached hydrogen (secondary N) is 1. The van der Waals surface area contributed by atoms with Gasteiger partial charge in [-0.1, -0.05) is 13.8 Å². The fourth-order valence-corrected chi connectivity index (χ4v) is 4.83. The van der Waals surface area contributed by atoms with Gasteiger partial charge in [-0.15, -0.1) is 23.1 Å². The zero-order valence-corrected chi connectivity index (χ0v) is 13.8. The topological polar surface area (TPSA) is 49.3 Å². The molecule has 1 aromatic rings. The van der Waals surface area contributed by atoms with Crippen molar-refractivity contribution in [1.29, 1.82) is 0 Å². The highest BCUT2D eigenvalue weighted by Gasteiger charge is 2.31. The summed E-state index contributed by atoms with van der Waals surface area (Å²) in [5, 5.41) is 14.6. The average molecular weight is 313 g/mol. The van der Waals surface area contributed by atoms with Gasteiger partial charge in [-0.2, -0.15) is 0 Å². The lowest BCUT2D eigenvalue weighted by atomic mass is 9.83. The second-order valence-electron chi connectivity index (χ2n) is 5.38. The van der Waals surface area contributed by atoms with Gasteiger partial charge in [-0.3, -0.25) is 4.79 Å². The van der Waals surface area contributed by atoms with Gasteiger partial charge in [0.05, 0.1) is 6.61 Å². The molecule has 2 N–H and O–H groups in total. The van der Waals surface area contributed by atoms with E-state index in [0.717, 1.165) is 25.0 Å². The van der Waals surface area contributed by atoms with E-state index in [-0.39, 0.29) is 23.2 Å². The minimum atomic E-state index is -0.174. The van der Waals surface area contributed by atoms with Gasteiger partial charge < -0.3 is 10.4 Å². The number of aliphatic hydroxyl groups excluding tert-OH is 1. The van der Waals surface area contributed by atoms with Crippen molar-refractivity contribution in [2.75, 3.05) is 18.9 Å². The van der Waals surface area contributed by atoms with Crippen LogP contribution in [0.1, 0.15) is 42.4 Å². The highest BCUT2D eigenvalue weighted by Crippen LogP contribution is 2.39. The standard InChI is InChI=1S/C15H23NO2S2/c1-3-15(4-2,10-17)9-16-14(18)13-11-5-7-19-12(11)6-8-20-13/h5,7,13,17H,3-4,6,8-10H2,1-2H3,(H,16,18). The Labute approximate surface area is 129 Å². The zero-order chi connectivity index (χ0) is 14.6. The quantitative estimate of drug-likeness (QED) is 0.849. The molecule has 20 heavy (non-hydrogen) atoms. The van der Waals surface area contributed by atoms with Crippen molar-refractivity contribution in [2.24, 2.45) is 5.41 Å². The number of thiophene rings is 1. The summed E-state index contributed by atoms with van der Waals surface area (Å²) in [6.07, 6.45) is 2.83. The molecule has 1 atom stereocenters.